The van der Waals surface area contributed by atoms with E-state index in [0.29, 0.717) is 23.1 Å². The number of nitrogens with one attached hydrogen (secondary N) is 1. The highest BCUT2D eigenvalue weighted by Gasteiger charge is 2.26. The lowest BCUT2D eigenvalue weighted by Crippen LogP contribution is -2.33. The van der Waals surface area contributed by atoms with Crippen LogP contribution in [0.3, 0.4) is 0 Å². The smallest absolute Gasteiger partial charge is 0.254 e. The summed E-state index contributed by atoms with van der Waals surface area (Å²) in [5, 5.41) is 3.20. The van der Waals surface area contributed by atoms with Crippen molar-refractivity contribution in [3.8, 4) is 11.5 Å². The first-order valence-corrected chi connectivity index (χ1v) is 6.14. The van der Waals surface area contributed by atoms with Gasteiger partial charge in [-0.25, -0.2) is 0 Å². The number of fused-ring (bicyclic) bond motifs is 1. The van der Waals surface area contributed by atoms with E-state index in [4.69, 9.17) is 9.47 Å². The van der Waals surface area contributed by atoms with Gasteiger partial charge in [-0.3, -0.25) is 4.79 Å². The van der Waals surface area contributed by atoms with Crippen LogP contribution in [0.15, 0.2) is 18.2 Å². The predicted octanol–water partition coefficient (Wildman–Crippen LogP) is 1.27. The van der Waals surface area contributed by atoms with E-state index in [0.717, 1.165) is 19.5 Å². The molecule has 0 spiro atoms. The Morgan fingerprint density at radius 1 is 1.37 bits per heavy atom. The maximum Gasteiger partial charge on any atom is 0.254 e. The summed E-state index contributed by atoms with van der Waals surface area (Å²) in [5.74, 6) is 1.43. The van der Waals surface area contributed by atoms with Gasteiger partial charge < -0.3 is 19.7 Å². The number of nitrogens with zero attached hydrogens (tertiary/aromatic N) is 1. The zero-order valence-corrected chi connectivity index (χ0v) is 11.5. The minimum Gasteiger partial charge on any atom is -0.454 e. The molecule has 1 N–H and O–H groups in total. The molecule has 2 aliphatic rings. The topological polar surface area (TPSA) is 50.8 Å². The van der Waals surface area contributed by atoms with Gasteiger partial charge in [0.15, 0.2) is 11.5 Å². The van der Waals surface area contributed by atoms with Gasteiger partial charge in [-0.05, 0) is 31.7 Å². The number of rotatable bonds is 2. The Labute approximate surface area is 118 Å². The molecule has 19 heavy (non-hydrogen) atoms. The first-order valence-electron chi connectivity index (χ1n) is 6.14. The summed E-state index contributed by atoms with van der Waals surface area (Å²) < 4.78 is 10.5. The van der Waals surface area contributed by atoms with Gasteiger partial charge in [0.2, 0.25) is 6.79 Å². The largest absolute Gasteiger partial charge is 0.454 e. The standard InChI is InChI=1S/C13H16N2O3.ClH/c1-14-10-4-5-15(7-10)13(16)9-2-3-11-12(6-9)18-8-17-11;/h2-3,6,10,14H,4-5,7-8H2,1H3;1H. The number of carbonyl (C=O) groups is 1. The van der Waals surface area contributed by atoms with Crippen LogP contribution >= 0.6 is 12.4 Å². The fraction of sp³-hybridized carbons (Fsp3) is 0.462. The van der Waals surface area contributed by atoms with E-state index in [9.17, 15) is 4.79 Å². The quantitative estimate of drug-likeness (QED) is 0.889. The molecule has 104 valence electrons. The molecular formula is C13H17ClN2O3. The van der Waals surface area contributed by atoms with Crippen molar-refractivity contribution in [3.05, 3.63) is 23.8 Å². The van der Waals surface area contributed by atoms with E-state index < -0.39 is 0 Å². The summed E-state index contributed by atoms with van der Waals surface area (Å²) in [6.07, 6.45) is 1.01. The lowest BCUT2D eigenvalue weighted by molar-refractivity contribution is 0.0789. The van der Waals surface area contributed by atoms with E-state index >= 15 is 0 Å². The second-order valence-corrected chi connectivity index (χ2v) is 4.59. The second kappa shape index (κ2) is 5.67. The van der Waals surface area contributed by atoms with Crippen LogP contribution in [0.1, 0.15) is 16.8 Å². The van der Waals surface area contributed by atoms with Crippen molar-refractivity contribution < 1.29 is 14.3 Å². The van der Waals surface area contributed by atoms with Crippen molar-refractivity contribution in [3.63, 3.8) is 0 Å². The zero-order valence-electron chi connectivity index (χ0n) is 10.7. The number of ether oxygens (including phenoxy) is 2. The molecule has 2 aliphatic heterocycles. The Balaban J connectivity index is 0.00000133. The van der Waals surface area contributed by atoms with Gasteiger partial charge in [0, 0.05) is 24.7 Å². The van der Waals surface area contributed by atoms with Crippen LogP contribution in [-0.2, 0) is 0 Å². The van der Waals surface area contributed by atoms with Crippen LogP contribution < -0.4 is 14.8 Å². The Morgan fingerprint density at radius 2 is 2.16 bits per heavy atom. The number of likely N-dealkylation sites (N-methyl/N-ethyl adjacent to an activating group) is 1. The Bertz CT molecular complexity index is 481. The molecule has 0 saturated carbocycles. The van der Waals surface area contributed by atoms with E-state index in [1.165, 1.54) is 0 Å². The lowest BCUT2D eigenvalue weighted by atomic mass is 10.2. The van der Waals surface area contributed by atoms with E-state index in [1.54, 1.807) is 18.2 Å². The average molecular weight is 285 g/mol. The van der Waals surface area contributed by atoms with Gasteiger partial charge in [0.25, 0.3) is 5.91 Å². The molecule has 0 aromatic heterocycles. The SMILES string of the molecule is CNC1CCN(C(=O)c2ccc3c(c2)OCO3)C1.Cl. The zero-order chi connectivity index (χ0) is 12.5. The number of amides is 1. The summed E-state index contributed by atoms with van der Waals surface area (Å²) in [6.45, 7) is 1.81. The molecule has 1 unspecified atom stereocenters. The summed E-state index contributed by atoms with van der Waals surface area (Å²) in [5.41, 5.74) is 0.663. The first kappa shape index (κ1) is 14.0. The van der Waals surface area contributed by atoms with Crippen molar-refractivity contribution in [2.45, 2.75) is 12.5 Å². The molecule has 0 bridgehead atoms. The van der Waals surface area contributed by atoms with E-state index in [1.807, 2.05) is 11.9 Å². The van der Waals surface area contributed by atoms with Crippen LogP contribution in [0.4, 0.5) is 0 Å². The monoisotopic (exact) mass is 284 g/mol. The van der Waals surface area contributed by atoms with Crippen molar-refractivity contribution in [2.24, 2.45) is 0 Å². The van der Waals surface area contributed by atoms with Crippen LogP contribution in [0.25, 0.3) is 0 Å². The molecule has 0 aliphatic carbocycles. The lowest BCUT2D eigenvalue weighted by Gasteiger charge is -2.16. The fourth-order valence-electron chi connectivity index (χ4n) is 2.39. The fourth-order valence-corrected chi connectivity index (χ4v) is 2.39. The minimum atomic E-state index is 0. The molecule has 1 saturated heterocycles. The van der Waals surface area contributed by atoms with Gasteiger partial charge in [-0.1, -0.05) is 0 Å². The molecule has 1 aromatic rings. The normalized spacial score (nSPS) is 20.3. The highest BCUT2D eigenvalue weighted by molar-refractivity contribution is 5.95. The number of carbonyl (C=O) groups excluding carboxylic acids is 1. The Kier molecular flexibility index (Phi) is 4.17. The Hall–Kier alpha value is -1.46. The number of halogens is 1. The molecule has 2 heterocycles. The maximum atomic E-state index is 12.3. The van der Waals surface area contributed by atoms with Crippen molar-refractivity contribution >= 4 is 18.3 Å². The van der Waals surface area contributed by atoms with Crippen LogP contribution in [-0.4, -0.2) is 43.8 Å². The van der Waals surface area contributed by atoms with Crippen molar-refractivity contribution in [1.29, 1.82) is 0 Å². The predicted molar refractivity (Wildman–Crippen MR) is 73.2 cm³/mol. The third kappa shape index (κ3) is 2.62. The molecular weight excluding hydrogens is 268 g/mol. The molecule has 1 fully saturated rings. The first-order chi connectivity index (χ1) is 8.78. The second-order valence-electron chi connectivity index (χ2n) is 4.59. The summed E-state index contributed by atoms with van der Waals surface area (Å²) >= 11 is 0. The molecule has 1 atom stereocenters. The number of hydrogen-bond acceptors (Lipinski definition) is 4. The van der Waals surface area contributed by atoms with Crippen LogP contribution in [0.5, 0.6) is 11.5 Å². The highest BCUT2D eigenvalue weighted by Crippen LogP contribution is 2.33. The van der Waals surface area contributed by atoms with Gasteiger partial charge in [-0.15, -0.1) is 12.4 Å². The van der Waals surface area contributed by atoms with Crippen LogP contribution in [0.2, 0.25) is 0 Å². The van der Waals surface area contributed by atoms with E-state index in [2.05, 4.69) is 5.32 Å². The summed E-state index contributed by atoms with van der Waals surface area (Å²) in [4.78, 5) is 14.2. The van der Waals surface area contributed by atoms with Crippen LogP contribution in [0, 0.1) is 0 Å². The highest BCUT2D eigenvalue weighted by atomic mass is 35.5. The molecule has 1 aromatic carbocycles. The van der Waals surface area contributed by atoms with E-state index in [-0.39, 0.29) is 25.1 Å². The maximum absolute atomic E-state index is 12.3. The molecule has 3 rings (SSSR count). The van der Waals surface area contributed by atoms with Gasteiger partial charge in [0.1, 0.15) is 0 Å². The van der Waals surface area contributed by atoms with Gasteiger partial charge in [0.05, 0.1) is 0 Å². The molecule has 1 amide bonds. The third-order valence-electron chi connectivity index (χ3n) is 3.50. The van der Waals surface area contributed by atoms with Gasteiger partial charge in [-0.2, -0.15) is 0 Å². The number of hydrogen-bond donors (Lipinski definition) is 1. The molecule has 0 radical (unpaired) electrons. The van der Waals surface area contributed by atoms with Crippen molar-refractivity contribution in [1.82, 2.24) is 10.2 Å². The number of likely N-dealkylation sites (tertiary alicyclic amines) is 1. The minimum absolute atomic E-state index is 0. The Morgan fingerprint density at radius 3 is 2.89 bits per heavy atom. The third-order valence-corrected chi connectivity index (χ3v) is 3.50. The summed E-state index contributed by atoms with van der Waals surface area (Å²) in [6, 6.07) is 5.75. The number of benzene rings is 1. The summed E-state index contributed by atoms with van der Waals surface area (Å²) in [7, 11) is 1.93. The molecule has 6 heteroatoms. The van der Waals surface area contributed by atoms with Crippen molar-refractivity contribution in [2.75, 3.05) is 26.9 Å². The van der Waals surface area contributed by atoms with Gasteiger partial charge >= 0.3 is 0 Å². The average Bonchev–Trinajstić information content (AvgIpc) is 3.05. The molecule has 5 nitrogen and oxygen atoms in total.